The highest BCUT2D eigenvalue weighted by Crippen LogP contribution is 2.16. The summed E-state index contributed by atoms with van der Waals surface area (Å²) in [5.41, 5.74) is 0. The van der Waals surface area contributed by atoms with Gasteiger partial charge in [0.1, 0.15) is 5.75 Å². The SMILES string of the molecule is CCN[C@H](C)CNS(=O)(=O)c1ccc(OCCC(C)C)cc1. The zero-order valence-electron chi connectivity index (χ0n) is 13.9. The third-order valence-corrected chi connectivity index (χ3v) is 4.67. The minimum atomic E-state index is -3.47. The molecule has 0 heterocycles. The molecule has 0 aliphatic heterocycles. The van der Waals surface area contributed by atoms with Gasteiger partial charge in [-0.2, -0.15) is 0 Å². The molecule has 0 spiro atoms. The van der Waals surface area contributed by atoms with E-state index in [0.29, 0.717) is 24.8 Å². The van der Waals surface area contributed by atoms with Gasteiger partial charge in [0.15, 0.2) is 0 Å². The molecule has 0 amide bonds. The summed E-state index contributed by atoms with van der Waals surface area (Å²) < 4.78 is 32.5. The summed E-state index contributed by atoms with van der Waals surface area (Å²) in [4.78, 5) is 0.257. The van der Waals surface area contributed by atoms with E-state index in [1.165, 1.54) is 0 Å². The second kappa shape index (κ2) is 9.12. The van der Waals surface area contributed by atoms with Gasteiger partial charge >= 0.3 is 0 Å². The Morgan fingerprint density at radius 1 is 1.14 bits per heavy atom. The molecule has 0 fully saturated rings. The number of hydrogen-bond acceptors (Lipinski definition) is 4. The van der Waals surface area contributed by atoms with E-state index in [-0.39, 0.29) is 10.9 Å². The van der Waals surface area contributed by atoms with Crippen LogP contribution in [0.3, 0.4) is 0 Å². The molecule has 1 aromatic carbocycles. The highest BCUT2D eigenvalue weighted by molar-refractivity contribution is 7.89. The molecule has 126 valence electrons. The van der Waals surface area contributed by atoms with E-state index in [1.54, 1.807) is 24.3 Å². The quantitative estimate of drug-likeness (QED) is 0.692. The summed E-state index contributed by atoms with van der Waals surface area (Å²) in [6.07, 6.45) is 0.976. The summed E-state index contributed by atoms with van der Waals surface area (Å²) >= 11 is 0. The van der Waals surface area contributed by atoms with E-state index < -0.39 is 10.0 Å². The number of benzene rings is 1. The highest BCUT2D eigenvalue weighted by Gasteiger charge is 2.14. The maximum atomic E-state index is 12.2. The second-order valence-electron chi connectivity index (χ2n) is 5.81. The first-order valence-corrected chi connectivity index (χ1v) is 9.29. The van der Waals surface area contributed by atoms with E-state index in [4.69, 9.17) is 4.74 Å². The van der Waals surface area contributed by atoms with Crippen molar-refractivity contribution in [3.63, 3.8) is 0 Å². The minimum Gasteiger partial charge on any atom is -0.494 e. The van der Waals surface area contributed by atoms with Crippen molar-refractivity contribution >= 4 is 10.0 Å². The van der Waals surface area contributed by atoms with Gasteiger partial charge in [0.25, 0.3) is 0 Å². The van der Waals surface area contributed by atoms with Gasteiger partial charge < -0.3 is 10.1 Å². The Morgan fingerprint density at radius 3 is 2.32 bits per heavy atom. The maximum Gasteiger partial charge on any atom is 0.240 e. The van der Waals surface area contributed by atoms with Gasteiger partial charge in [0.05, 0.1) is 11.5 Å². The van der Waals surface area contributed by atoms with Crippen molar-refractivity contribution in [3.8, 4) is 5.75 Å². The average molecular weight is 328 g/mol. The molecule has 6 heteroatoms. The molecule has 0 aliphatic rings. The number of rotatable bonds is 10. The van der Waals surface area contributed by atoms with Crippen molar-refractivity contribution in [2.75, 3.05) is 19.7 Å². The molecule has 0 radical (unpaired) electrons. The van der Waals surface area contributed by atoms with E-state index in [2.05, 4.69) is 23.9 Å². The fraction of sp³-hybridized carbons (Fsp3) is 0.625. The summed E-state index contributed by atoms with van der Waals surface area (Å²) in [5, 5.41) is 3.16. The Morgan fingerprint density at radius 2 is 1.77 bits per heavy atom. The van der Waals surface area contributed by atoms with Gasteiger partial charge in [0.2, 0.25) is 10.0 Å². The Balaban J connectivity index is 2.57. The minimum absolute atomic E-state index is 0.0958. The van der Waals surface area contributed by atoms with E-state index in [0.717, 1.165) is 13.0 Å². The van der Waals surface area contributed by atoms with Gasteiger partial charge in [-0.3, -0.25) is 0 Å². The standard InChI is InChI=1S/C16H28N2O3S/c1-5-17-14(4)12-18-22(19,20)16-8-6-15(7-9-16)21-11-10-13(2)3/h6-9,13-14,17-18H,5,10-12H2,1-4H3/t14-/m1/s1. The topological polar surface area (TPSA) is 67.4 Å². The lowest BCUT2D eigenvalue weighted by atomic mass is 10.1. The molecule has 1 rings (SSSR count). The van der Waals surface area contributed by atoms with Crippen LogP contribution in [-0.2, 0) is 10.0 Å². The molecule has 22 heavy (non-hydrogen) atoms. The molecule has 1 atom stereocenters. The lowest BCUT2D eigenvalue weighted by Gasteiger charge is -2.14. The van der Waals surface area contributed by atoms with Crippen LogP contribution in [0.25, 0.3) is 0 Å². The first kappa shape index (κ1) is 18.9. The van der Waals surface area contributed by atoms with Gasteiger partial charge in [-0.25, -0.2) is 13.1 Å². The monoisotopic (exact) mass is 328 g/mol. The molecule has 2 N–H and O–H groups in total. The molecular weight excluding hydrogens is 300 g/mol. The highest BCUT2D eigenvalue weighted by atomic mass is 32.2. The summed E-state index contributed by atoms with van der Waals surface area (Å²) in [6.45, 7) is 10.0. The van der Waals surface area contributed by atoms with Gasteiger partial charge in [-0.1, -0.05) is 20.8 Å². The maximum absolute atomic E-state index is 12.2. The molecule has 0 aliphatic carbocycles. The zero-order valence-corrected chi connectivity index (χ0v) is 14.7. The Kier molecular flexibility index (Phi) is 7.85. The van der Waals surface area contributed by atoms with Gasteiger partial charge in [-0.15, -0.1) is 0 Å². The Bertz CT molecular complexity index is 527. The van der Waals surface area contributed by atoms with Crippen molar-refractivity contribution in [1.82, 2.24) is 10.0 Å². The lowest BCUT2D eigenvalue weighted by molar-refractivity contribution is 0.289. The number of ether oxygens (including phenoxy) is 1. The van der Waals surface area contributed by atoms with Gasteiger partial charge in [0, 0.05) is 12.6 Å². The van der Waals surface area contributed by atoms with Crippen LogP contribution >= 0.6 is 0 Å². The van der Waals surface area contributed by atoms with Crippen LogP contribution in [0.2, 0.25) is 0 Å². The van der Waals surface area contributed by atoms with Crippen LogP contribution in [0.1, 0.15) is 34.1 Å². The van der Waals surface area contributed by atoms with Crippen molar-refractivity contribution < 1.29 is 13.2 Å². The van der Waals surface area contributed by atoms with Crippen LogP contribution in [-0.4, -0.2) is 34.2 Å². The van der Waals surface area contributed by atoms with Crippen LogP contribution in [0.4, 0.5) is 0 Å². The van der Waals surface area contributed by atoms with E-state index in [9.17, 15) is 8.42 Å². The third-order valence-electron chi connectivity index (χ3n) is 3.23. The Labute approximate surface area is 134 Å². The molecular formula is C16H28N2O3S. The first-order chi connectivity index (χ1) is 10.3. The third kappa shape index (κ3) is 6.77. The largest absolute Gasteiger partial charge is 0.494 e. The predicted octanol–water partition coefficient (Wildman–Crippen LogP) is 2.39. The van der Waals surface area contributed by atoms with Crippen molar-refractivity contribution in [2.45, 2.75) is 45.1 Å². The molecule has 0 aromatic heterocycles. The van der Waals surface area contributed by atoms with Crippen LogP contribution in [0.5, 0.6) is 5.75 Å². The fourth-order valence-corrected chi connectivity index (χ4v) is 3.00. The lowest BCUT2D eigenvalue weighted by Crippen LogP contribution is -2.38. The predicted molar refractivity (Wildman–Crippen MR) is 89.7 cm³/mol. The molecule has 5 nitrogen and oxygen atoms in total. The van der Waals surface area contributed by atoms with Crippen molar-refractivity contribution in [2.24, 2.45) is 5.92 Å². The van der Waals surface area contributed by atoms with Crippen LogP contribution < -0.4 is 14.8 Å². The summed E-state index contributed by atoms with van der Waals surface area (Å²) in [5.74, 6) is 1.28. The normalized spacial score (nSPS) is 13.3. The smallest absolute Gasteiger partial charge is 0.240 e. The average Bonchev–Trinajstić information content (AvgIpc) is 2.46. The fourth-order valence-electron chi connectivity index (χ4n) is 1.87. The number of hydrogen-bond donors (Lipinski definition) is 2. The number of nitrogens with one attached hydrogen (secondary N) is 2. The first-order valence-electron chi connectivity index (χ1n) is 7.81. The Hall–Kier alpha value is -1.11. The molecule has 0 bridgehead atoms. The number of sulfonamides is 1. The second-order valence-corrected chi connectivity index (χ2v) is 7.58. The van der Waals surface area contributed by atoms with E-state index in [1.807, 2.05) is 13.8 Å². The van der Waals surface area contributed by atoms with Crippen molar-refractivity contribution in [1.29, 1.82) is 0 Å². The zero-order chi connectivity index (χ0) is 16.6. The van der Waals surface area contributed by atoms with E-state index >= 15 is 0 Å². The van der Waals surface area contributed by atoms with Gasteiger partial charge in [-0.05, 0) is 50.1 Å². The van der Waals surface area contributed by atoms with Crippen molar-refractivity contribution in [3.05, 3.63) is 24.3 Å². The molecule has 0 unspecified atom stereocenters. The van der Waals surface area contributed by atoms with Crippen LogP contribution in [0, 0.1) is 5.92 Å². The molecule has 0 saturated carbocycles. The summed E-state index contributed by atoms with van der Waals surface area (Å²) in [7, 11) is -3.47. The molecule has 0 saturated heterocycles. The summed E-state index contributed by atoms with van der Waals surface area (Å²) in [6, 6.07) is 6.64. The molecule has 1 aromatic rings. The number of likely N-dealkylation sites (N-methyl/N-ethyl adjacent to an activating group) is 1. The van der Waals surface area contributed by atoms with Crippen LogP contribution in [0.15, 0.2) is 29.2 Å².